The zero-order valence-electron chi connectivity index (χ0n) is 15.2. The molecule has 2 unspecified atom stereocenters. The maximum absolute atomic E-state index is 10.3. The van der Waals surface area contributed by atoms with Crippen molar-refractivity contribution in [2.24, 2.45) is 4.99 Å². The number of nitrogens with zero attached hydrogens (tertiary/aromatic N) is 1. The van der Waals surface area contributed by atoms with Gasteiger partial charge in [-0.05, 0) is 36.8 Å². The van der Waals surface area contributed by atoms with Crippen molar-refractivity contribution < 1.29 is 14.6 Å². The van der Waals surface area contributed by atoms with Crippen LogP contribution in [0.15, 0.2) is 53.5 Å². The Kier molecular flexibility index (Phi) is 6.79. The van der Waals surface area contributed by atoms with Gasteiger partial charge in [-0.2, -0.15) is 0 Å². The van der Waals surface area contributed by atoms with Crippen molar-refractivity contribution in [2.45, 2.75) is 19.1 Å². The minimum Gasteiger partial charge on any atom is -0.486 e. The van der Waals surface area contributed by atoms with E-state index in [4.69, 9.17) is 21.1 Å². The van der Waals surface area contributed by atoms with E-state index in [0.29, 0.717) is 30.7 Å². The van der Waals surface area contributed by atoms with Crippen molar-refractivity contribution in [3.8, 4) is 11.5 Å². The van der Waals surface area contributed by atoms with Crippen LogP contribution in [0.5, 0.6) is 11.5 Å². The van der Waals surface area contributed by atoms with E-state index in [1.54, 1.807) is 24.3 Å². The molecule has 2 aromatic rings. The molecule has 0 spiro atoms. The number of para-hydroxylation sites is 2. The van der Waals surface area contributed by atoms with Crippen LogP contribution in [0.1, 0.15) is 18.6 Å². The van der Waals surface area contributed by atoms with Crippen molar-refractivity contribution in [1.29, 1.82) is 0 Å². The molecule has 0 saturated heterocycles. The highest BCUT2D eigenvalue weighted by Crippen LogP contribution is 2.30. The second-order valence-corrected chi connectivity index (χ2v) is 6.60. The van der Waals surface area contributed by atoms with Gasteiger partial charge in [0.2, 0.25) is 0 Å². The number of ether oxygens (including phenoxy) is 2. The van der Waals surface area contributed by atoms with Crippen LogP contribution in [0.4, 0.5) is 0 Å². The number of aliphatic hydroxyl groups excluding tert-OH is 1. The van der Waals surface area contributed by atoms with Crippen molar-refractivity contribution in [2.75, 3.05) is 26.2 Å². The number of hydrogen-bond donors (Lipinski definition) is 3. The third kappa shape index (κ3) is 5.52. The van der Waals surface area contributed by atoms with Gasteiger partial charge < -0.3 is 25.2 Å². The average molecular weight is 390 g/mol. The molecule has 1 aliphatic rings. The maximum atomic E-state index is 10.3. The van der Waals surface area contributed by atoms with E-state index < -0.39 is 6.10 Å². The molecule has 0 bridgehead atoms. The Balaban J connectivity index is 1.54. The minimum atomic E-state index is -0.695. The lowest BCUT2D eigenvalue weighted by Crippen LogP contribution is -2.45. The normalized spacial score (nSPS) is 17.3. The number of guanidine groups is 1. The first-order chi connectivity index (χ1) is 13.2. The second-order valence-electron chi connectivity index (χ2n) is 6.17. The summed E-state index contributed by atoms with van der Waals surface area (Å²) in [5.74, 6) is 2.13. The fraction of sp³-hybridized carbons (Fsp3) is 0.350. The molecule has 0 fully saturated rings. The molecule has 6 nitrogen and oxygen atoms in total. The van der Waals surface area contributed by atoms with Gasteiger partial charge in [-0.1, -0.05) is 35.9 Å². The summed E-state index contributed by atoms with van der Waals surface area (Å²) in [5, 5.41) is 17.4. The molecule has 0 radical (unpaired) electrons. The Bertz CT molecular complexity index is 767. The fourth-order valence-corrected chi connectivity index (χ4v) is 2.81. The first kappa shape index (κ1) is 19.3. The highest BCUT2D eigenvalue weighted by atomic mass is 35.5. The molecule has 0 saturated carbocycles. The summed E-state index contributed by atoms with van der Waals surface area (Å²) in [5.41, 5.74) is 0.777. The van der Waals surface area contributed by atoms with Crippen molar-refractivity contribution in [1.82, 2.24) is 10.6 Å². The third-order valence-corrected chi connectivity index (χ3v) is 4.34. The summed E-state index contributed by atoms with van der Waals surface area (Å²) in [6.07, 6.45) is -0.816. The number of aliphatic imine (C=N–C) groups is 1. The molecule has 2 aromatic carbocycles. The Morgan fingerprint density at radius 3 is 2.67 bits per heavy atom. The van der Waals surface area contributed by atoms with Crippen LogP contribution in [0.2, 0.25) is 5.02 Å². The summed E-state index contributed by atoms with van der Waals surface area (Å²) < 4.78 is 11.7. The monoisotopic (exact) mass is 389 g/mol. The van der Waals surface area contributed by atoms with Gasteiger partial charge in [0.15, 0.2) is 17.5 Å². The largest absolute Gasteiger partial charge is 0.486 e. The van der Waals surface area contributed by atoms with Gasteiger partial charge in [0, 0.05) is 11.6 Å². The maximum Gasteiger partial charge on any atom is 0.191 e. The van der Waals surface area contributed by atoms with E-state index in [0.717, 1.165) is 17.1 Å². The zero-order chi connectivity index (χ0) is 19.1. The van der Waals surface area contributed by atoms with E-state index in [9.17, 15) is 5.11 Å². The van der Waals surface area contributed by atoms with Gasteiger partial charge in [0.25, 0.3) is 0 Å². The molecular weight excluding hydrogens is 366 g/mol. The number of fused-ring (bicyclic) bond motifs is 1. The molecule has 0 amide bonds. The van der Waals surface area contributed by atoms with Crippen LogP contribution in [0.25, 0.3) is 0 Å². The van der Waals surface area contributed by atoms with Crippen LogP contribution in [-0.2, 0) is 0 Å². The standard InChI is InChI=1S/C20H24ClN3O3/c1-2-22-20(24-12-17(25)14-7-9-15(21)10-8-14)23-11-16-13-26-18-5-3-4-6-19(18)27-16/h3-10,16-17,25H,2,11-13H2,1H3,(H2,22,23,24). The molecule has 144 valence electrons. The Morgan fingerprint density at radius 1 is 1.19 bits per heavy atom. The Hall–Kier alpha value is -2.44. The van der Waals surface area contributed by atoms with Crippen LogP contribution in [0, 0.1) is 0 Å². The molecule has 0 aromatic heterocycles. The smallest absolute Gasteiger partial charge is 0.191 e. The SMILES string of the molecule is CCNC(=NCC(O)c1ccc(Cl)cc1)NCC1COc2ccccc2O1. The summed E-state index contributed by atoms with van der Waals surface area (Å²) >= 11 is 5.88. The highest BCUT2D eigenvalue weighted by Gasteiger charge is 2.20. The van der Waals surface area contributed by atoms with Gasteiger partial charge >= 0.3 is 0 Å². The molecule has 3 N–H and O–H groups in total. The molecule has 3 rings (SSSR count). The van der Waals surface area contributed by atoms with Crippen molar-refractivity contribution >= 4 is 17.6 Å². The summed E-state index contributed by atoms with van der Waals surface area (Å²) in [7, 11) is 0. The first-order valence-corrected chi connectivity index (χ1v) is 9.37. The lowest BCUT2D eigenvalue weighted by atomic mass is 10.1. The number of rotatable bonds is 6. The second kappa shape index (κ2) is 9.48. The van der Waals surface area contributed by atoms with Gasteiger partial charge in [-0.15, -0.1) is 0 Å². The summed E-state index contributed by atoms with van der Waals surface area (Å²) in [6.45, 7) is 3.95. The van der Waals surface area contributed by atoms with Crippen molar-refractivity contribution in [3.63, 3.8) is 0 Å². The number of hydrogen-bond acceptors (Lipinski definition) is 4. The number of halogens is 1. The predicted molar refractivity (Wildman–Crippen MR) is 107 cm³/mol. The quantitative estimate of drug-likeness (QED) is 0.523. The average Bonchev–Trinajstić information content (AvgIpc) is 2.70. The number of nitrogens with one attached hydrogen (secondary N) is 2. The molecular formula is C20H24ClN3O3. The van der Waals surface area contributed by atoms with Gasteiger partial charge in [-0.3, -0.25) is 4.99 Å². The molecule has 2 atom stereocenters. The molecule has 7 heteroatoms. The summed E-state index contributed by atoms with van der Waals surface area (Å²) in [6, 6.07) is 14.7. The number of benzene rings is 2. The third-order valence-electron chi connectivity index (χ3n) is 4.09. The lowest BCUT2D eigenvalue weighted by molar-refractivity contribution is 0.0936. The Morgan fingerprint density at radius 2 is 1.93 bits per heavy atom. The molecule has 1 heterocycles. The fourth-order valence-electron chi connectivity index (χ4n) is 2.68. The van der Waals surface area contributed by atoms with Crippen LogP contribution in [-0.4, -0.2) is 43.4 Å². The van der Waals surface area contributed by atoms with Gasteiger partial charge in [0.05, 0.1) is 19.2 Å². The molecule has 27 heavy (non-hydrogen) atoms. The van der Waals surface area contributed by atoms with E-state index >= 15 is 0 Å². The van der Waals surface area contributed by atoms with E-state index in [1.807, 2.05) is 31.2 Å². The van der Waals surface area contributed by atoms with Crippen molar-refractivity contribution in [3.05, 3.63) is 59.1 Å². The van der Waals surface area contributed by atoms with E-state index in [-0.39, 0.29) is 12.6 Å². The van der Waals surface area contributed by atoms with Crippen LogP contribution >= 0.6 is 11.6 Å². The predicted octanol–water partition coefficient (Wildman–Crippen LogP) is 2.77. The van der Waals surface area contributed by atoms with E-state index in [1.165, 1.54) is 0 Å². The highest BCUT2D eigenvalue weighted by molar-refractivity contribution is 6.30. The molecule has 0 aliphatic carbocycles. The minimum absolute atomic E-state index is 0.120. The Labute approximate surface area is 164 Å². The number of aliphatic hydroxyl groups is 1. The first-order valence-electron chi connectivity index (χ1n) is 9.00. The molecule has 1 aliphatic heterocycles. The lowest BCUT2D eigenvalue weighted by Gasteiger charge is -2.27. The van der Waals surface area contributed by atoms with Crippen LogP contribution < -0.4 is 20.1 Å². The zero-order valence-corrected chi connectivity index (χ0v) is 15.9. The summed E-state index contributed by atoms with van der Waals surface area (Å²) in [4.78, 5) is 4.46. The van der Waals surface area contributed by atoms with E-state index in [2.05, 4.69) is 15.6 Å². The van der Waals surface area contributed by atoms with Crippen LogP contribution in [0.3, 0.4) is 0 Å². The topological polar surface area (TPSA) is 75.1 Å². The van der Waals surface area contributed by atoms with Gasteiger partial charge in [-0.25, -0.2) is 0 Å². The van der Waals surface area contributed by atoms with Gasteiger partial charge in [0.1, 0.15) is 12.7 Å².